The molecule has 1 heterocycles. The predicted octanol–water partition coefficient (Wildman–Crippen LogP) is 0.438. The van der Waals surface area contributed by atoms with E-state index in [2.05, 4.69) is 31.2 Å². The van der Waals surface area contributed by atoms with Crippen molar-refractivity contribution in [2.24, 2.45) is 0 Å². The van der Waals surface area contributed by atoms with Crippen molar-refractivity contribution >= 4 is 27.8 Å². The van der Waals surface area contributed by atoms with Gasteiger partial charge in [-0.3, -0.25) is 4.79 Å². The highest BCUT2D eigenvalue weighted by Gasteiger charge is 2.08. The summed E-state index contributed by atoms with van der Waals surface area (Å²) in [5.74, 6) is 0.422. The van der Waals surface area contributed by atoms with Crippen LogP contribution in [-0.4, -0.2) is 49.7 Å². The monoisotopic (exact) mass is 302 g/mol. The van der Waals surface area contributed by atoms with E-state index in [1.54, 1.807) is 31.5 Å². The van der Waals surface area contributed by atoms with Gasteiger partial charge in [0, 0.05) is 33.1 Å². The maximum atomic E-state index is 11.5. The van der Waals surface area contributed by atoms with E-state index in [0.29, 0.717) is 19.1 Å². The lowest BCUT2D eigenvalue weighted by Gasteiger charge is -2.16. The Bertz CT molecular complexity index is 358. The number of aromatic nitrogens is 2. The number of amides is 1. The van der Waals surface area contributed by atoms with Gasteiger partial charge in [-0.25, -0.2) is 9.97 Å². The van der Waals surface area contributed by atoms with Crippen molar-refractivity contribution in [1.82, 2.24) is 15.3 Å². The molecule has 94 valence electrons. The molecular formula is C10H15BrN4O2. The molecule has 1 rings (SSSR count). The van der Waals surface area contributed by atoms with E-state index in [9.17, 15) is 4.79 Å². The van der Waals surface area contributed by atoms with Crippen molar-refractivity contribution in [3.05, 3.63) is 16.9 Å². The van der Waals surface area contributed by atoms with E-state index in [0.717, 1.165) is 4.47 Å². The van der Waals surface area contributed by atoms with E-state index in [1.165, 1.54) is 0 Å². The quantitative estimate of drug-likeness (QED) is 0.772. The Morgan fingerprint density at radius 1 is 1.53 bits per heavy atom. The fourth-order valence-electron chi connectivity index (χ4n) is 1.14. The molecular weight excluding hydrogens is 288 g/mol. The summed E-state index contributed by atoms with van der Waals surface area (Å²) < 4.78 is 5.64. The van der Waals surface area contributed by atoms with Gasteiger partial charge in [0.2, 0.25) is 11.9 Å². The summed E-state index contributed by atoms with van der Waals surface area (Å²) in [6, 6.07) is 0. The van der Waals surface area contributed by atoms with Gasteiger partial charge in [0.1, 0.15) is 0 Å². The third kappa shape index (κ3) is 5.10. The minimum absolute atomic E-state index is 0.0870. The van der Waals surface area contributed by atoms with Crippen LogP contribution in [0, 0.1) is 0 Å². The number of rotatable bonds is 6. The zero-order valence-electron chi connectivity index (χ0n) is 9.81. The van der Waals surface area contributed by atoms with E-state index in [1.807, 2.05) is 0 Å². The number of hydrogen-bond donors (Lipinski definition) is 1. The van der Waals surface area contributed by atoms with Gasteiger partial charge in [-0.05, 0) is 15.9 Å². The van der Waals surface area contributed by atoms with Crippen LogP contribution in [0.2, 0.25) is 0 Å². The Kier molecular flexibility index (Phi) is 5.85. The molecule has 0 aliphatic heterocycles. The van der Waals surface area contributed by atoms with Crippen molar-refractivity contribution in [3.8, 4) is 0 Å². The lowest BCUT2D eigenvalue weighted by molar-refractivity contribution is -0.119. The van der Waals surface area contributed by atoms with Crippen LogP contribution in [0.4, 0.5) is 5.95 Å². The topological polar surface area (TPSA) is 67.3 Å². The lowest BCUT2D eigenvalue weighted by atomic mass is 10.5. The molecule has 0 fully saturated rings. The molecule has 0 unspecified atom stereocenters. The molecule has 0 atom stereocenters. The van der Waals surface area contributed by atoms with Gasteiger partial charge >= 0.3 is 0 Å². The molecule has 0 bridgehead atoms. The largest absolute Gasteiger partial charge is 0.383 e. The molecule has 7 heteroatoms. The van der Waals surface area contributed by atoms with Gasteiger partial charge in [0.05, 0.1) is 17.6 Å². The third-order valence-electron chi connectivity index (χ3n) is 1.96. The summed E-state index contributed by atoms with van der Waals surface area (Å²) in [5.41, 5.74) is 0. The third-order valence-corrected chi connectivity index (χ3v) is 2.37. The van der Waals surface area contributed by atoms with Gasteiger partial charge in [-0.2, -0.15) is 0 Å². The van der Waals surface area contributed by atoms with Crippen molar-refractivity contribution in [2.45, 2.75) is 0 Å². The van der Waals surface area contributed by atoms with Crippen LogP contribution in [0.25, 0.3) is 0 Å². The fraction of sp³-hybridized carbons (Fsp3) is 0.500. The van der Waals surface area contributed by atoms with Crippen LogP contribution in [-0.2, 0) is 9.53 Å². The Morgan fingerprint density at radius 2 is 2.18 bits per heavy atom. The molecule has 0 aliphatic carbocycles. The molecule has 1 aromatic rings. The molecule has 1 amide bonds. The molecule has 0 spiro atoms. The van der Waals surface area contributed by atoms with Crippen LogP contribution in [0.15, 0.2) is 16.9 Å². The second-order valence-electron chi connectivity index (χ2n) is 3.40. The van der Waals surface area contributed by atoms with E-state index >= 15 is 0 Å². The minimum atomic E-state index is -0.0870. The molecule has 1 aromatic heterocycles. The van der Waals surface area contributed by atoms with Gasteiger partial charge in [0.25, 0.3) is 0 Å². The van der Waals surface area contributed by atoms with Crippen LogP contribution >= 0.6 is 15.9 Å². The highest BCUT2D eigenvalue weighted by atomic mass is 79.9. The number of anilines is 1. The minimum Gasteiger partial charge on any atom is -0.383 e. The number of carbonyl (C=O) groups excluding carboxylic acids is 1. The first-order valence-electron chi connectivity index (χ1n) is 5.08. The summed E-state index contributed by atoms with van der Waals surface area (Å²) in [7, 11) is 3.35. The maximum Gasteiger partial charge on any atom is 0.239 e. The molecule has 0 radical (unpaired) electrons. The number of carbonyl (C=O) groups is 1. The number of methoxy groups -OCH3 is 1. The van der Waals surface area contributed by atoms with Crippen molar-refractivity contribution in [3.63, 3.8) is 0 Å². The summed E-state index contributed by atoms with van der Waals surface area (Å²) in [6.07, 6.45) is 3.28. The number of likely N-dealkylation sites (N-methyl/N-ethyl adjacent to an activating group) is 1. The molecule has 0 aromatic carbocycles. The van der Waals surface area contributed by atoms with Crippen LogP contribution in [0.1, 0.15) is 0 Å². The molecule has 6 nitrogen and oxygen atoms in total. The zero-order chi connectivity index (χ0) is 12.7. The van der Waals surface area contributed by atoms with Crippen molar-refractivity contribution in [2.75, 3.05) is 38.8 Å². The Balaban J connectivity index is 2.40. The van der Waals surface area contributed by atoms with E-state index < -0.39 is 0 Å². The Hall–Kier alpha value is -1.21. The second-order valence-corrected chi connectivity index (χ2v) is 4.32. The number of nitrogens with one attached hydrogen (secondary N) is 1. The van der Waals surface area contributed by atoms with Crippen LogP contribution in [0.3, 0.4) is 0 Å². The van der Waals surface area contributed by atoms with Crippen LogP contribution < -0.4 is 10.2 Å². The van der Waals surface area contributed by atoms with Crippen molar-refractivity contribution < 1.29 is 9.53 Å². The van der Waals surface area contributed by atoms with Gasteiger partial charge in [-0.1, -0.05) is 0 Å². The Labute approximate surface area is 109 Å². The Morgan fingerprint density at radius 3 is 2.76 bits per heavy atom. The number of halogens is 1. The van der Waals surface area contributed by atoms with E-state index in [4.69, 9.17) is 4.74 Å². The summed E-state index contributed by atoms with van der Waals surface area (Å²) >= 11 is 3.25. The lowest BCUT2D eigenvalue weighted by Crippen LogP contribution is -2.37. The molecule has 0 aliphatic rings. The molecule has 17 heavy (non-hydrogen) atoms. The SMILES string of the molecule is COCCNC(=O)CN(C)c1ncc(Br)cn1. The first-order chi connectivity index (χ1) is 8.13. The van der Waals surface area contributed by atoms with Gasteiger partial charge in [0.15, 0.2) is 0 Å². The molecule has 0 saturated carbocycles. The number of hydrogen-bond acceptors (Lipinski definition) is 5. The summed E-state index contributed by atoms with van der Waals surface area (Å²) in [5, 5.41) is 2.73. The summed E-state index contributed by atoms with van der Waals surface area (Å²) in [6.45, 7) is 1.22. The van der Waals surface area contributed by atoms with E-state index in [-0.39, 0.29) is 12.5 Å². The highest BCUT2D eigenvalue weighted by molar-refractivity contribution is 9.10. The second kappa shape index (κ2) is 7.18. The first kappa shape index (κ1) is 13.9. The number of ether oxygens (including phenoxy) is 1. The first-order valence-corrected chi connectivity index (χ1v) is 5.87. The molecule has 1 N–H and O–H groups in total. The van der Waals surface area contributed by atoms with Gasteiger partial charge in [-0.15, -0.1) is 0 Å². The van der Waals surface area contributed by atoms with Crippen LogP contribution in [0.5, 0.6) is 0 Å². The summed E-state index contributed by atoms with van der Waals surface area (Å²) in [4.78, 5) is 21.4. The molecule has 0 saturated heterocycles. The normalized spacial score (nSPS) is 10.1. The fourth-order valence-corrected chi connectivity index (χ4v) is 1.34. The average Bonchev–Trinajstić information content (AvgIpc) is 2.30. The van der Waals surface area contributed by atoms with Crippen molar-refractivity contribution in [1.29, 1.82) is 0 Å². The zero-order valence-corrected chi connectivity index (χ0v) is 11.4. The smallest absolute Gasteiger partial charge is 0.239 e. The standard InChI is InChI=1S/C10H15BrN4O2/c1-15(7-9(16)12-3-4-17-2)10-13-5-8(11)6-14-10/h5-6H,3-4,7H2,1-2H3,(H,12,16). The highest BCUT2D eigenvalue weighted by Crippen LogP contribution is 2.09. The average molecular weight is 303 g/mol. The predicted molar refractivity (Wildman–Crippen MR) is 67.9 cm³/mol. The maximum absolute atomic E-state index is 11.5. The van der Waals surface area contributed by atoms with Gasteiger partial charge < -0.3 is 15.0 Å². The number of nitrogens with zero attached hydrogens (tertiary/aromatic N) is 3.